The van der Waals surface area contributed by atoms with Crippen molar-refractivity contribution in [2.75, 3.05) is 39.3 Å². The molecule has 8 heteroatoms. The maximum absolute atomic E-state index is 12.7. The number of piperazine rings is 1. The molecule has 1 amide bonds. The molecule has 3 rings (SSSR count). The molecule has 0 spiro atoms. The number of amides is 1. The number of carbonyl (C=O) groups excluding carboxylic acids is 1. The molecule has 0 bridgehead atoms. The van der Waals surface area contributed by atoms with Crippen LogP contribution in [-0.4, -0.2) is 73.7 Å². The Labute approximate surface area is 160 Å². The van der Waals surface area contributed by atoms with Crippen molar-refractivity contribution >= 4 is 27.5 Å². The molecule has 0 aliphatic carbocycles. The number of benzene rings is 1. The summed E-state index contributed by atoms with van der Waals surface area (Å²) < 4.78 is 26.9. The predicted octanol–water partition coefficient (Wildman–Crippen LogP) is 2.05. The minimum atomic E-state index is -3.54. The van der Waals surface area contributed by atoms with Crippen LogP contribution in [0.5, 0.6) is 0 Å². The lowest BCUT2D eigenvalue weighted by atomic mass is 10.0. The van der Waals surface area contributed by atoms with Crippen LogP contribution < -0.4 is 0 Å². The molecular weight excluding hydrogens is 374 g/mol. The average molecular weight is 400 g/mol. The lowest BCUT2D eigenvalue weighted by molar-refractivity contribution is -0.134. The zero-order chi connectivity index (χ0) is 18.7. The summed E-state index contributed by atoms with van der Waals surface area (Å²) in [6.45, 7) is 5.10. The van der Waals surface area contributed by atoms with Crippen LogP contribution in [0.15, 0.2) is 29.2 Å². The van der Waals surface area contributed by atoms with Crippen molar-refractivity contribution in [3.63, 3.8) is 0 Å². The summed E-state index contributed by atoms with van der Waals surface area (Å²) in [5.74, 6) is 0.0993. The Balaban J connectivity index is 1.56. The summed E-state index contributed by atoms with van der Waals surface area (Å²) in [5, 5.41) is 0.506. The molecule has 1 aromatic rings. The molecule has 26 heavy (non-hydrogen) atoms. The van der Waals surface area contributed by atoms with Gasteiger partial charge in [0.15, 0.2) is 0 Å². The smallest absolute Gasteiger partial charge is 0.243 e. The van der Waals surface area contributed by atoms with Crippen molar-refractivity contribution in [2.24, 2.45) is 0 Å². The molecule has 2 heterocycles. The first-order valence-corrected chi connectivity index (χ1v) is 11.0. The third-order valence-corrected chi connectivity index (χ3v) is 7.49. The second-order valence-electron chi connectivity index (χ2n) is 7.05. The van der Waals surface area contributed by atoms with Crippen LogP contribution in [0.1, 0.15) is 26.2 Å². The highest BCUT2D eigenvalue weighted by atomic mass is 35.5. The van der Waals surface area contributed by atoms with Gasteiger partial charge < -0.3 is 4.90 Å². The summed E-state index contributed by atoms with van der Waals surface area (Å²) in [6, 6.07) is 6.64. The molecule has 0 radical (unpaired) electrons. The minimum absolute atomic E-state index is 0.0993. The SMILES string of the molecule is C[C@H]1CCCCN1CC(=O)N1CCN(S(=O)(=O)c2ccc(Cl)cc2)CC1. The van der Waals surface area contributed by atoms with E-state index in [4.69, 9.17) is 11.6 Å². The third kappa shape index (κ3) is 4.39. The van der Waals surface area contributed by atoms with Crippen LogP contribution in [0, 0.1) is 0 Å². The van der Waals surface area contributed by atoms with Crippen molar-refractivity contribution in [2.45, 2.75) is 37.1 Å². The Morgan fingerprint density at radius 1 is 1.08 bits per heavy atom. The minimum Gasteiger partial charge on any atom is -0.339 e. The number of carbonyl (C=O) groups is 1. The Bertz CT molecular complexity index is 731. The number of rotatable bonds is 4. The lowest BCUT2D eigenvalue weighted by Gasteiger charge is -2.37. The van der Waals surface area contributed by atoms with E-state index in [1.165, 1.54) is 22.9 Å². The van der Waals surface area contributed by atoms with Crippen molar-refractivity contribution in [1.29, 1.82) is 0 Å². The van der Waals surface area contributed by atoms with E-state index >= 15 is 0 Å². The van der Waals surface area contributed by atoms with E-state index in [0.29, 0.717) is 43.8 Å². The van der Waals surface area contributed by atoms with Crippen LogP contribution in [0.3, 0.4) is 0 Å². The van der Waals surface area contributed by atoms with Crippen LogP contribution in [0.2, 0.25) is 5.02 Å². The van der Waals surface area contributed by atoms with Gasteiger partial charge in [0.05, 0.1) is 11.4 Å². The van der Waals surface area contributed by atoms with Gasteiger partial charge in [-0.3, -0.25) is 9.69 Å². The highest BCUT2D eigenvalue weighted by Gasteiger charge is 2.31. The quantitative estimate of drug-likeness (QED) is 0.777. The first-order valence-electron chi connectivity index (χ1n) is 9.15. The van der Waals surface area contributed by atoms with Gasteiger partial charge in [0, 0.05) is 37.2 Å². The van der Waals surface area contributed by atoms with Gasteiger partial charge in [-0.25, -0.2) is 8.42 Å². The van der Waals surface area contributed by atoms with Gasteiger partial charge in [-0.2, -0.15) is 4.31 Å². The van der Waals surface area contributed by atoms with E-state index in [-0.39, 0.29) is 10.8 Å². The van der Waals surface area contributed by atoms with E-state index < -0.39 is 10.0 Å². The van der Waals surface area contributed by atoms with E-state index in [9.17, 15) is 13.2 Å². The van der Waals surface area contributed by atoms with Gasteiger partial charge in [-0.1, -0.05) is 18.0 Å². The molecule has 2 aliphatic heterocycles. The highest BCUT2D eigenvalue weighted by molar-refractivity contribution is 7.89. The first kappa shape index (κ1) is 19.6. The number of hydrogen-bond donors (Lipinski definition) is 0. The van der Waals surface area contributed by atoms with Gasteiger partial charge in [0.25, 0.3) is 0 Å². The molecular formula is C18H26ClN3O3S. The molecule has 1 atom stereocenters. The highest BCUT2D eigenvalue weighted by Crippen LogP contribution is 2.20. The molecule has 0 saturated carbocycles. The van der Waals surface area contributed by atoms with E-state index in [1.54, 1.807) is 17.0 Å². The van der Waals surface area contributed by atoms with Crippen LogP contribution in [0.4, 0.5) is 0 Å². The number of sulfonamides is 1. The standard InChI is InChI=1S/C18H26ClN3O3S/c1-15-4-2-3-9-21(15)14-18(23)20-10-12-22(13-11-20)26(24,25)17-7-5-16(19)6-8-17/h5-8,15H,2-4,9-14H2,1H3/t15-/m0/s1. The van der Waals surface area contributed by atoms with Crippen molar-refractivity contribution < 1.29 is 13.2 Å². The molecule has 0 unspecified atom stereocenters. The second kappa shape index (κ2) is 8.25. The van der Waals surface area contributed by atoms with Gasteiger partial charge in [0.1, 0.15) is 0 Å². The monoisotopic (exact) mass is 399 g/mol. The molecule has 0 aromatic heterocycles. The van der Waals surface area contributed by atoms with Gasteiger partial charge >= 0.3 is 0 Å². The summed E-state index contributed by atoms with van der Waals surface area (Å²) in [7, 11) is -3.54. The van der Waals surface area contributed by atoms with E-state index in [0.717, 1.165) is 19.4 Å². The molecule has 0 N–H and O–H groups in total. The maximum Gasteiger partial charge on any atom is 0.243 e. The Kier molecular flexibility index (Phi) is 6.22. The molecule has 144 valence electrons. The third-order valence-electron chi connectivity index (χ3n) is 5.32. The van der Waals surface area contributed by atoms with Crippen LogP contribution in [0.25, 0.3) is 0 Å². The molecule has 1 aromatic carbocycles. The predicted molar refractivity (Wildman–Crippen MR) is 102 cm³/mol. The largest absolute Gasteiger partial charge is 0.339 e. The molecule has 2 fully saturated rings. The zero-order valence-electron chi connectivity index (χ0n) is 15.1. The number of piperidine rings is 1. The fourth-order valence-electron chi connectivity index (χ4n) is 3.60. The molecule has 2 aliphatic rings. The Morgan fingerprint density at radius 3 is 2.35 bits per heavy atom. The Hall–Kier alpha value is -1.15. The summed E-state index contributed by atoms with van der Waals surface area (Å²) in [6.07, 6.45) is 3.51. The number of halogens is 1. The second-order valence-corrected chi connectivity index (χ2v) is 9.43. The van der Waals surface area contributed by atoms with Gasteiger partial charge in [0.2, 0.25) is 15.9 Å². The van der Waals surface area contributed by atoms with Gasteiger partial charge in [-0.05, 0) is 50.6 Å². The lowest BCUT2D eigenvalue weighted by Crippen LogP contribution is -2.53. The number of hydrogen-bond acceptors (Lipinski definition) is 4. The van der Waals surface area contributed by atoms with Crippen LogP contribution in [-0.2, 0) is 14.8 Å². The van der Waals surface area contributed by atoms with Crippen molar-refractivity contribution in [1.82, 2.24) is 14.1 Å². The zero-order valence-corrected chi connectivity index (χ0v) is 16.7. The molecule has 6 nitrogen and oxygen atoms in total. The Morgan fingerprint density at radius 2 is 1.73 bits per heavy atom. The number of likely N-dealkylation sites (tertiary alicyclic amines) is 1. The maximum atomic E-state index is 12.7. The van der Waals surface area contributed by atoms with E-state index in [2.05, 4.69) is 11.8 Å². The van der Waals surface area contributed by atoms with Crippen molar-refractivity contribution in [3.05, 3.63) is 29.3 Å². The first-order chi connectivity index (χ1) is 12.4. The van der Waals surface area contributed by atoms with Crippen molar-refractivity contribution in [3.8, 4) is 0 Å². The van der Waals surface area contributed by atoms with E-state index in [1.807, 2.05) is 0 Å². The fourth-order valence-corrected chi connectivity index (χ4v) is 5.15. The van der Waals surface area contributed by atoms with Crippen LogP contribution >= 0.6 is 11.6 Å². The summed E-state index contributed by atoms with van der Waals surface area (Å²) in [4.78, 5) is 16.8. The molecule has 2 saturated heterocycles. The number of nitrogens with zero attached hydrogens (tertiary/aromatic N) is 3. The topological polar surface area (TPSA) is 60.9 Å². The van der Waals surface area contributed by atoms with Gasteiger partial charge in [-0.15, -0.1) is 0 Å². The normalized spacial score (nSPS) is 23.2. The average Bonchev–Trinajstić information content (AvgIpc) is 2.64. The summed E-state index contributed by atoms with van der Waals surface area (Å²) in [5.41, 5.74) is 0. The summed E-state index contributed by atoms with van der Waals surface area (Å²) >= 11 is 5.84. The fraction of sp³-hybridized carbons (Fsp3) is 0.611.